The lowest BCUT2D eigenvalue weighted by molar-refractivity contribution is -0.707. The van der Waals surface area contributed by atoms with Crippen molar-refractivity contribution in [2.24, 2.45) is 5.92 Å². The minimum absolute atomic E-state index is 0.340. The largest absolute Gasteiger partial charge is 0.481 e. The van der Waals surface area contributed by atoms with Crippen LogP contribution in [0.4, 0.5) is 0 Å². The van der Waals surface area contributed by atoms with Crippen molar-refractivity contribution in [2.75, 3.05) is 0 Å². The molecule has 0 bridgehead atoms. The Morgan fingerprint density at radius 1 is 1.37 bits per heavy atom. The lowest BCUT2D eigenvalue weighted by Crippen LogP contribution is -2.41. The molecule has 1 heterocycles. The molecule has 4 nitrogen and oxygen atoms in total. The predicted molar refractivity (Wildman–Crippen MR) is 74.9 cm³/mol. The van der Waals surface area contributed by atoms with E-state index in [4.69, 9.17) is 5.11 Å². The lowest BCUT2D eigenvalue weighted by Gasteiger charge is -2.07. The van der Waals surface area contributed by atoms with Gasteiger partial charge in [0.2, 0.25) is 0 Å². The molecule has 1 rings (SSSR count). The molecular formula is C15H27N2O2+. The Kier molecular flexibility index (Phi) is 6.60. The maximum Gasteiger partial charge on any atom is 0.310 e. The van der Waals surface area contributed by atoms with Crippen LogP contribution in [0.3, 0.4) is 0 Å². The lowest BCUT2D eigenvalue weighted by atomic mass is 10.2. The molecule has 0 aliphatic heterocycles. The number of aryl methyl sites for hydroxylation is 1. The molecule has 0 amide bonds. The van der Waals surface area contributed by atoms with Crippen LogP contribution in [-0.2, 0) is 24.3 Å². The van der Waals surface area contributed by atoms with Crippen LogP contribution in [-0.4, -0.2) is 15.6 Å². The Balaban J connectivity index is 2.83. The number of hydrogen-bond acceptors (Lipinski definition) is 1. The second kappa shape index (κ2) is 7.97. The summed E-state index contributed by atoms with van der Waals surface area (Å²) in [6.45, 7) is 7.74. The highest BCUT2D eigenvalue weighted by Gasteiger charge is 2.21. The molecule has 0 spiro atoms. The van der Waals surface area contributed by atoms with Crippen LogP contribution in [0.5, 0.6) is 0 Å². The van der Waals surface area contributed by atoms with Gasteiger partial charge in [0.1, 0.15) is 18.9 Å². The van der Waals surface area contributed by atoms with Crippen LogP contribution in [0.15, 0.2) is 12.4 Å². The third-order valence-electron chi connectivity index (χ3n) is 3.49. The first kappa shape index (κ1) is 15.7. The molecule has 19 heavy (non-hydrogen) atoms. The fraction of sp³-hybridized carbons (Fsp3) is 0.733. The van der Waals surface area contributed by atoms with Gasteiger partial charge in [-0.05, 0) is 19.8 Å². The van der Waals surface area contributed by atoms with Crippen molar-refractivity contribution in [3.8, 4) is 0 Å². The normalized spacial score (nSPS) is 12.6. The fourth-order valence-electron chi connectivity index (χ4n) is 2.19. The fourth-order valence-corrected chi connectivity index (χ4v) is 2.19. The number of carboxylic acids is 1. The molecule has 1 aromatic rings. The SMILES string of the molecule is CCCCc1n(CCCC)cc[n+]1CC(C)C(=O)O. The number of hydrogen-bond donors (Lipinski definition) is 1. The van der Waals surface area contributed by atoms with Crippen molar-refractivity contribution >= 4 is 5.97 Å². The van der Waals surface area contributed by atoms with E-state index < -0.39 is 5.97 Å². The Bertz CT molecular complexity index is 399. The summed E-state index contributed by atoms with van der Waals surface area (Å²) in [5.74, 6) is 0.200. The van der Waals surface area contributed by atoms with Crippen molar-refractivity contribution < 1.29 is 14.5 Å². The maximum absolute atomic E-state index is 11.0. The van der Waals surface area contributed by atoms with Gasteiger partial charge in [0.25, 0.3) is 5.82 Å². The monoisotopic (exact) mass is 267 g/mol. The number of carbonyl (C=O) groups is 1. The summed E-state index contributed by atoms with van der Waals surface area (Å²) >= 11 is 0. The zero-order valence-electron chi connectivity index (χ0n) is 12.4. The number of rotatable bonds is 9. The van der Waals surface area contributed by atoms with Gasteiger partial charge in [-0.25, -0.2) is 9.13 Å². The molecule has 0 fully saturated rings. The minimum atomic E-state index is -0.727. The average molecular weight is 267 g/mol. The third-order valence-corrected chi connectivity index (χ3v) is 3.49. The van der Waals surface area contributed by atoms with Crippen molar-refractivity contribution in [2.45, 2.75) is 66.0 Å². The van der Waals surface area contributed by atoms with E-state index in [1.54, 1.807) is 6.92 Å². The van der Waals surface area contributed by atoms with Gasteiger partial charge in [-0.1, -0.05) is 26.7 Å². The Morgan fingerprint density at radius 3 is 2.63 bits per heavy atom. The van der Waals surface area contributed by atoms with Crippen LogP contribution in [0.1, 0.15) is 52.3 Å². The highest BCUT2D eigenvalue weighted by molar-refractivity contribution is 5.69. The molecule has 1 atom stereocenters. The molecule has 0 aromatic carbocycles. The van der Waals surface area contributed by atoms with Crippen molar-refractivity contribution in [3.05, 3.63) is 18.2 Å². The topological polar surface area (TPSA) is 46.1 Å². The Labute approximate surface area is 116 Å². The van der Waals surface area contributed by atoms with E-state index in [0.29, 0.717) is 6.54 Å². The quantitative estimate of drug-likeness (QED) is 0.699. The highest BCUT2D eigenvalue weighted by Crippen LogP contribution is 2.06. The molecule has 0 aliphatic carbocycles. The van der Waals surface area contributed by atoms with Crippen LogP contribution in [0.2, 0.25) is 0 Å². The van der Waals surface area contributed by atoms with Crippen molar-refractivity contribution in [3.63, 3.8) is 0 Å². The summed E-state index contributed by atoms with van der Waals surface area (Å²) in [5, 5.41) is 9.04. The van der Waals surface area contributed by atoms with Gasteiger partial charge in [-0.2, -0.15) is 0 Å². The van der Waals surface area contributed by atoms with Crippen LogP contribution < -0.4 is 4.57 Å². The summed E-state index contributed by atoms with van der Waals surface area (Å²) in [6, 6.07) is 0. The molecule has 0 aliphatic rings. The average Bonchev–Trinajstić information content (AvgIpc) is 2.76. The number of nitrogens with zero attached hydrogens (tertiary/aromatic N) is 2. The van der Waals surface area contributed by atoms with E-state index >= 15 is 0 Å². The molecular weight excluding hydrogens is 240 g/mol. The minimum Gasteiger partial charge on any atom is -0.481 e. The summed E-state index contributed by atoms with van der Waals surface area (Å²) in [7, 11) is 0. The van der Waals surface area contributed by atoms with Gasteiger partial charge < -0.3 is 5.11 Å². The van der Waals surface area contributed by atoms with Gasteiger partial charge in [-0.3, -0.25) is 4.79 Å². The third kappa shape index (κ3) is 4.69. The van der Waals surface area contributed by atoms with Crippen LogP contribution >= 0.6 is 0 Å². The van der Waals surface area contributed by atoms with Crippen molar-refractivity contribution in [1.29, 1.82) is 0 Å². The van der Waals surface area contributed by atoms with Gasteiger partial charge in [-0.15, -0.1) is 0 Å². The van der Waals surface area contributed by atoms with E-state index in [1.807, 2.05) is 6.20 Å². The number of unbranched alkanes of at least 4 members (excludes halogenated alkanes) is 2. The molecule has 4 heteroatoms. The molecule has 1 N–H and O–H groups in total. The molecule has 0 radical (unpaired) electrons. The van der Waals surface area contributed by atoms with Gasteiger partial charge in [0.15, 0.2) is 0 Å². The Morgan fingerprint density at radius 2 is 2.05 bits per heavy atom. The summed E-state index contributed by atoms with van der Waals surface area (Å²) in [6.07, 6.45) is 9.80. The Hall–Kier alpha value is -1.32. The second-order valence-corrected chi connectivity index (χ2v) is 5.26. The standard InChI is InChI=1S/C15H26N2O2/c1-4-6-8-14-16(9-7-5-2)10-11-17(14)12-13(3)15(18)19/h10-11,13H,4-9,12H2,1-3H3/p+1. The number of imidazole rings is 1. The first-order chi connectivity index (χ1) is 9.10. The molecule has 0 saturated carbocycles. The summed E-state index contributed by atoms with van der Waals surface area (Å²) < 4.78 is 4.40. The maximum atomic E-state index is 11.0. The first-order valence-electron chi connectivity index (χ1n) is 7.40. The van der Waals surface area contributed by atoms with Crippen LogP contribution in [0, 0.1) is 5.92 Å². The van der Waals surface area contributed by atoms with E-state index in [-0.39, 0.29) is 5.92 Å². The smallest absolute Gasteiger partial charge is 0.310 e. The summed E-state index contributed by atoms with van der Waals surface area (Å²) in [4.78, 5) is 11.0. The highest BCUT2D eigenvalue weighted by atomic mass is 16.4. The van der Waals surface area contributed by atoms with E-state index in [1.165, 1.54) is 18.7 Å². The molecule has 0 saturated heterocycles. The van der Waals surface area contributed by atoms with E-state index in [9.17, 15) is 4.79 Å². The number of aliphatic carboxylic acids is 1. The zero-order valence-corrected chi connectivity index (χ0v) is 12.4. The molecule has 1 aromatic heterocycles. The summed E-state index contributed by atoms with van der Waals surface area (Å²) in [5.41, 5.74) is 0. The second-order valence-electron chi connectivity index (χ2n) is 5.26. The number of aromatic nitrogens is 2. The van der Waals surface area contributed by atoms with Crippen molar-refractivity contribution in [1.82, 2.24) is 4.57 Å². The van der Waals surface area contributed by atoms with Crippen LogP contribution in [0.25, 0.3) is 0 Å². The zero-order chi connectivity index (χ0) is 14.3. The number of carboxylic acid groups (broad SMARTS) is 1. The van der Waals surface area contributed by atoms with E-state index in [2.05, 4.69) is 29.2 Å². The van der Waals surface area contributed by atoms with Gasteiger partial charge in [0.05, 0.1) is 12.5 Å². The molecule has 108 valence electrons. The predicted octanol–water partition coefficient (Wildman–Crippen LogP) is 2.64. The van der Waals surface area contributed by atoms with E-state index in [0.717, 1.165) is 25.8 Å². The first-order valence-corrected chi connectivity index (χ1v) is 7.40. The molecule has 1 unspecified atom stereocenters. The van der Waals surface area contributed by atoms with Gasteiger partial charge >= 0.3 is 5.97 Å². The van der Waals surface area contributed by atoms with Gasteiger partial charge in [0, 0.05) is 6.42 Å².